The van der Waals surface area contributed by atoms with Gasteiger partial charge in [-0.1, -0.05) is 0 Å². The van der Waals surface area contributed by atoms with Gasteiger partial charge in [0, 0.05) is 23.0 Å². The Morgan fingerprint density at radius 3 is 2.79 bits per heavy atom. The van der Waals surface area contributed by atoms with Crippen LogP contribution in [0, 0.1) is 0 Å². The molecule has 0 aromatic carbocycles. The molecule has 1 fully saturated rings. The molecular weight excluding hydrogens is 324 g/mol. The molecule has 6 nitrogen and oxygen atoms in total. The number of amides is 2. The Kier molecular flexibility index (Phi) is 3.46. The van der Waals surface area contributed by atoms with Gasteiger partial charge in [0.1, 0.15) is 4.83 Å². The van der Waals surface area contributed by atoms with Crippen molar-refractivity contribution in [1.82, 2.24) is 19.8 Å². The van der Waals surface area contributed by atoms with E-state index in [2.05, 4.69) is 10.3 Å². The van der Waals surface area contributed by atoms with E-state index in [0.29, 0.717) is 19.1 Å². The SMILES string of the molecule is CC(C)(C)NC(=O)N1CCc2c(sc3ncn(C4CC4)c(=O)c23)C1. The molecule has 0 spiro atoms. The van der Waals surface area contributed by atoms with Crippen molar-refractivity contribution in [2.24, 2.45) is 0 Å². The average Bonchev–Trinajstić information content (AvgIpc) is 3.25. The Hall–Kier alpha value is -1.89. The lowest BCUT2D eigenvalue weighted by atomic mass is 10.1. The van der Waals surface area contributed by atoms with Crippen LogP contribution in [-0.4, -0.2) is 32.6 Å². The summed E-state index contributed by atoms with van der Waals surface area (Å²) in [4.78, 5) is 33.4. The van der Waals surface area contributed by atoms with Crippen molar-refractivity contribution in [3.63, 3.8) is 0 Å². The van der Waals surface area contributed by atoms with Gasteiger partial charge in [0.25, 0.3) is 5.56 Å². The average molecular weight is 346 g/mol. The molecule has 0 saturated heterocycles. The number of fused-ring (bicyclic) bond motifs is 3. The van der Waals surface area contributed by atoms with Gasteiger partial charge < -0.3 is 10.2 Å². The van der Waals surface area contributed by atoms with Crippen molar-refractivity contribution in [2.45, 2.75) is 58.2 Å². The van der Waals surface area contributed by atoms with Gasteiger partial charge in [0.05, 0.1) is 18.3 Å². The molecule has 0 atom stereocenters. The molecule has 2 aromatic heterocycles. The smallest absolute Gasteiger partial charge is 0.318 e. The number of nitrogens with zero attached hydrogens (tertiary/aromatic N) is 3. The fraction of sp³-hybridized carbons (Fsp3) is 0.588. The number of urea groups is 1. The van der Waals surface area contributed by atoms with Crippen LogP contribution < -0.4 is 10.9 Å². The standard InChI is InChI=1S/C17H22N4O2S/c1-17(2,3)19-16(23)20-7-6-11-12(8-20)24-14-13(11)15(22)21(9-18-14)10-4-5-10/h9-10H,4-8H2,1-3H3,(H,19,23). The molecule has 24 heavy (non-hydrogen) atoms. The number of nitrogens with one attached hydrogen (secondary N) is 1. The maximum atomic E-state index is 12.8. The predicted octanol–water partition coefficient (Wildman–Crippen LogP) is 2.66. The highest BCUT2D eigenvalue weighted by atomic mass is 32.1. The Morgan fingerprint density at radius 2 is 2.12 bits per heavy atom. The summed E-state index contributed by atoms with van der Waals surface area (Å²) in [6, 6.07) is 0.288. The van der Waals surface area contributed by atoms with E-state index in [1.54, 1.807) is 22.2 Å². The van der Waals surface area contributed by atoms with E-state index in [0.717, 1.165) is 39.9 Å². The molecule has 1 aliphatic carbocycles. The number of carbonyl (C=O) groups excluding carboxylic acids is 1. The fourth-order valence-corrected chi connectivity index (χ4v) is 4.38. The van der Waals surface area contributed by atoms with Gasteiger partial charge in [-0.05, 0) is 45.6 Å². The van der Waals surface area contributed by atoms with Crippen LogP contribution in [0.1, 0.15) is 50.1 Å². The van der Waals surface area contributed by atoms with Crippen LogP contribution in [0.3, 0.4) is 0 Å². The quantitative estimate of drug-likeness (QED) is 0.863. The fourth-order valence-electron chi connectivity index (χ4n) is 3.18. The second-order valence-corrected chi connectivity index (χ2v) is 8.81. The molecule has 0 radical (unpaired) electrons. The van der Waals surface area contributed by atoms with Crippen LogP contribution in [0.25, 0.3) is 10.2 Å². The van der Waals surface area contributed by atoms with Gasteiger partial charge in [-0.15, -0.1) is 11.3 Å². The molecule has 128 valence electrons. The van der Waals surface area contributed by atoms with Gasteiger partial charge >= 0.3 is 6.03 Å². The zero-order valence-electron chi connectivity index (χ0n) is 14.3. The number of hydrogen-bond donors (Lipinski definition) is 1. The van der Waals surface area contributed by atoms with E-state index in [4.69, 9.17) is 0 Å². The lowest BCUT2D eigenvalue weighted by Crippen LogP contribution is -2.49. The molecule has 3 heterocycles. The first-order valence-electron chi connectivity index (χ1n) is 8.42. The molecule has 2 aromatic rings. The van der Waals surface area contributed by atoms with E-state index in [1.807, 2.05) is 25.7 Å². The largest absolute Gasteiger partial charge is 0.333 e. The van der Waals surface area contributed by atoms with Crippen molar-refractivity contribution in [3.8, 4) is 0 Å². The van der Waals surface area contributed by atoms with Crippen LogP contribution in [0.2, 0.25) is 0 Å². The molecule has 1 saturated carbocycles. The van der Waals surface area contributed by atoms with E-state index < -0.39 is 0 Å². The van der Waals surface area contributed by atoms with E-state index in [1.165, 1.54) is 0 Å². The Morgan fingerprint density at radius 1 is 1.38 bits per heavy atom. The molecule has 2 aliphatic rings. The minimum Gasteiger partial charge on any atom is -0.333 e. The van der Waals surface area contributed by atoms with Gasteiger partial charge in [-0.25, -0.2) is 9.78 Å². The number of thiophene rings is 1. The molecular formula is C17H22N4O2S. The topological polar surface area (TPSA) is 67.2 Å². The molecule has 4 rings (SSSR count). The lowest BCUT2D eigenvalue weighted by molar-refractivity contribution is 0.184. The van der Waals surface area contributed by atoms with E-state index in [9.17, 15) is 9.59 Å². The first kappa shape index (κ1) is 15.6. The minimum atomic E-state index is -0.253. The van der Waals surface area contributed by atoms with E-state index in [-0.39, 0.29) is 17.1 Å². The molecule has 2 amide bonds. The summed E-state index contributed by atoms with van der Waals surface area (Å²) < 4.78 is 1.79. The third-order valence-corrected chi connectivity index (χ3v) is 5.62. The summed E-state index contributed by atoms with van der Waals surface area (Å²) in [5.74, 6) is 0. The lowest BCUT2D eigenvalue weighted by Gasteiger charge is -2.31. The van der Waals surface area contributed by atoms with Gasteiger partial charge in [0.15, 0.2) is 0 Å². The highest BCUT2D eigenvalue weighted by Crippen LogP contribution is 2.36. The molecule has 7 heteroatoms. The second kappa shape index (κ2) is 5.31. The number of hydrogen-bond acceptors (Lipinski definition) is 4. The Bertz CT molecular complexity index is 873. The summed E-state index contributed by atoms with van der Waals surface area (Å²) in [5.41, 5.74) is 0.937. The van der Waals surface area contributed by atoms with Crippen LogP contribution in [0.5, 0.6) is 0 Å². The van der Waals surface area contributed by atoms with Crippen LogP contribution in [-0.2, 0) is 13.0 Å². The zero-order chi connectivity index (χ0) is 17.1. The second-order valence-electron chi connectivity index (χ2n) is 7.72. The van der Waals surface area contributed by atoms with Crippen LogP contribution in [0.15, 0.2) is 11.1 Å². The zero-order valence-corrected chi connectivity index (χ0v) is 15.1. The van der Waals surface area contributed by atoms with Gasteiger partial charge in [-0.2, -0.15) is 0 Å². The van der Waals surface area contributed by atoms with Crippen LogP contribution >= 0.6 is 11.3 Å². The highest BCUT2D eigenvalue weighted by Gasteiger charge is 2.30. The Labute approximate surface area is 144 Å². The highest BCUT2D eigenvalue weighted by molar-refractivity contribution is 7.18. The monoisotopic (exact) mass is 346 g/mol. The normalized spacial score (nSPS) is 17.9. The summed E-state index contributed by atoms with van der Waals surface area (Å²) in [7, 11) is 0. The van der Waals surface area contributed by atoms with Crippen molar-refractivity contribution in [3.05, 3.63) is 27.1 Å². The number of aromatic nitrogens is 2. The van der Waals surface area contributed by atoms with Crippen LogP contribution in [0.4, 0.5) is 4.79 Å². The third-order valence-electron chi connectivity index (χ3n) is 4.50. The van der Waals surface area contributed by atoms with Crippen molar-refractivity contribution in [1.29, 1.82) is 0 Å². The molecule has 0 unspecified atom stereocenters. The van der Waals surface area contributed by atoms with Gasteiger partial charge in [-0.3, -0.25) is 9.36 Å². The maximum Gasteiger partial charge on any atom is 0.318 e. The first-order valence-corrected chi connectivity index (χ1v) is 9.23. The first-order chi connectivity index (χ1) is 11.3. The predicted molar refractivity (Wildman–Crippen MR) is 94.5 cm³/mol. The van der Waals surface area contributed by atoms with E-state index >= 15 is 0 Å². The van der Waals surface area contributed by atoms with Crippen molar-refractivity contribution in [2.75, 3.05) is 6.54 Å². The van der Waals surface area contributed by atoms with Crippen molar-refractivity contribution >= 4 is 27.6 Å². The minimum absolute atomic E-state index is 0.0473. The summed E-state index contributed by atoms with van der Waals surface area (Å²) >= 11 is 1.55. The third kappa shape index (κ3) is 2.70. The molecule has 1 N–H and O–H groups in total. The summed E-state index contributed by atoms with van der Waals surface area (Å²) in [6.45, 7) is 7.12. The summed E-state index contributed by atoms with van der Waals surface area (Å²) in [6.07, 6.45) is 4.55. The van der Waals surface area contributed by atoms with Gasteiger partial charge in [0.2, 0.25) is 0 Å². The number of rotatable bonds is 1. The van der Waals surface area contributed by atoms with Crippen molar-refractivity contribution < 1.29 is 4.79 Å². The summed E-state index contributed by atoms with van der Waals surface area (Å²) in [5, 5.41) is 3.79. The maximum absolute atomic E-state index is 12.8. The number of carbonyl (C=O) groups is 1. The molecule has 0 bridgehead atoms. The molecule has 1 aliphatic heterocycles. The Balaban J connectivity index is 1.66.